The topological polar surface area (TPSA) is 43.8 Å². The van der Waals surface area contributed by atoms with Crippen molar-refractivity contribution in [3.8, 4) is 0 Å². The number of amidine groups is 1. The van der Waals surface area contributed by atoms with Crippen molar-refractivity contribution in [1.82, 2.24) is 15.5 Å². The number of nitrogens with zero attached hydrogens (tertiary/aromatic N) is 4. The number of hydrogen-bond acceptors (Lipinski definition) is 6. The van der Waals surface area contributed by atoms with E-state index in [0.29, 0.717) is 0 Å². The van der Waals surface area contributed by atoms with E-state index in [0.717, 1.165) is 16.7 Å². The predicted molar refractivity (Wildman–Crippen MR) is 68.4 cm³/mol. The van der Waals surface area contributed by atoms with Crippen LogP contribution >= 0.6 is 28.3 Å². The summed E-state index contributed by atoms with van der Waals surface area (Å²) in [4.78, 5) is 5.66. The van der Waals surface area contributed by atoms with E-state index in [1.807, 2.05) is 26.0 Å². The van der Waals surface area contributed by atoms with Gasteiger partial charge in [0, 0.05) is 11.9 Å². The van der Waals surface area contributed by atoms with Crippen LogP contribution in [0.1, 0.15) is 17.5 Å². The summed E-state index contributed by atoms with van der Waals surface area (Å²) in [7, 11) is 1.91. The lowest BCUT2D eigenvalue weighted by Gasteiger charge is -2.18. The van der Waals surface area contributed by atoms with Crippen molar-refractivity contribution in [3.05, 3.63) is 10.6 Å². The summed E-state index contributed by atoms with van der Waals surface area (Å²) in [6.45, 7) is 6.00. The van der Waals surface area contributed by atoms with Gasteiger partial charge in [-0.25, -0.2) is 4.98 Å². The van der Waals surface area contributed by atoms with Crippen molar-refractivity contribution < 1.29 is 0 Å². The predicted octanol–water partition coefficient (Wildman–Crippen LogP) is 1.84. The first-order chi connectivity index (χ1) is 6.58. The molecule has 0 bridgehead atoms. The molecule has 1 aromatic heterocycles. The van der Waals surface area contributed by atoms with E-state index in [2.05, 4.69) is 22.4 Å². The first-order valence-corrected chi connectivity index (χ1v) is 5.19. The van der Waals surface area contributed by atoms with Crippen LogP contribution in [0.5, 0.6) is 0 Å². The van der Waals surface area contributed by atoms with Gasteiger partial charge in [0.05, 0.1) is 5.69 Å². The molecule has 0 saturated carbocycles. The number of hydrazine groups is 2. The normalized spacial score (nSPS) is 16.0. The van der Waals surface area contributed by atoms with Crippen LogP contribution in [0, 0.1) is 13.8 Å². The summed E-state index contributed by atoms with van der Waals surface area (Å²) in [6, 6.07) is 0. The van der Waals surface area contributed by atoms with Gasteiger partial charge in [0.25, 0.3) is 0 Å². The molecule has 1 aliphatic rings. The van der Waals surface area contributed by atoms with Gasteiger partial charge in [-0.2, -0.15) is 0 Å². The van der Waals surface area contributed by atoms with Crippen molar-refractivity contribution in [1.29, 1.82) is 0 Å². The lowest BCUT2D eigenvalue weighted by molar-refractivity contribution is 0.295. The molecule has 0 unspecified atom stereocenters. The highest BCUT2D eigenvalue weighted by Crippen LogP contribution is 2.26. The smallest absolute Gasteiger partial charge is 0.224 e. The molecule has 1 aromatic rings. The second kappa shape index (κ2) is 4.46. The van der Waals surface area contributed by atoms with Crippen LogP contribution in [0.25, 0.3) is 0 Å². The number of aryl methyl sites for hydroxylation is 2. The number of hydrazone groups is 1. The summed E-state index contributed by atoms with van der Waals surface area (Å²) < 4.78 is 0. The molecule has 2 rings (SSSR count). The Balaban J connectivity index is 0.00000112. The molecule has 0 aromatic carbocycles. The summed E-state index contributed by atoms with van der Waals surface area (Å²) in [5.74, 6) is 0.873. The van der Waals surface area contributed by atoms with E-state index < -0.39 is 0 Å². The number of aromatic nitrogens is 1. The number of hydrogen-bond donors (Lipinski definition) is 1. The molecule has 84 valence electrons. The fourth-order valence-electron chi connectivity index (χ4n) is 1.23. The second-order valence-corrected chi connectivity index (χ2v) is 4.43. The minimum atomic E-state index is 0. The van der Waals surface area contributed by atoms with Crippen LogP contribution in [0.4, 0.5) is 5.13 Å². The van der Waals surface area contributed by atoms with E-state index in [1.165, 1.54) is 4.88 Å². The monoisotopic (exact) mass is 291 g/mol. The van der Waals surface area contributed by atoms with Crippen molar-refractivity contribution in [2.24, 2.45) is 5.10 Å². The molecule has 1 aliphatic heterocycles. The van der Waals surface area contributed by atoms with Gasteiger partial charge < -0.3 is 0 Å². The fraction of sp³-hybridized carbons (Fsp3) is 0.500. The number of halogens is 1. The molecule has 1 N–H and O–H groups in total. The van der Waals surface area contributed by atoms with E-state index in [-0.39, 0.29) is 17.0 Å². The van der Waals surface area contributed by atoms with Crippen LogP contribution in [-0.2, 0) is 0 Å². The Morgan fingerprint density at radius 1 is 1.27 bits per heavy atom. The SMILES string of the molecule is Br.CC1=NN(c2nc(C)c(C)s2)N(C)N1. The van der Waals surface area contributed by atoms with Gasteiger partial charge in [0.15, 0.2) is 0 Å². The van der Waals surface area contributed by atoms with E-state index >= 15 is 0 Å². The number of thiazole rings is 1. The third-order valence-corrected chi connectivity index (χ3v) is 3.08. The third kappa shape index (κ3) is 2.30. The summed E-state index contributed by atoms with van der Waals surface area (Å²) in [5.41, 5.74) is 4.14. The van der Waals surface area contributed by atoms with Crippen molar-refractivity contribution in [2.45, 2.75) is 20.8 Å². The summed E-state index contributed by atoms with van der Waals surface area (Å²) in [5, 5.41) is 8.78. The van der Waals surface area contributed by atoms with Gasteiger partial charge in [-0.05, 0) is 20.8 Å². The lowest BCUT2D eigenvalue weighted by atomic mass is 10.4. The van der Waals surface area contributed by atoms with Crippen LogP contribution in [0.3, 0.4) is 0 Å². The molecule has 2 heterocycles. The quantitative estimate of drug-likeness (QED) is 0.858. The highest BCUT2D eigenvalue weighted by atomic mass is 79.9. The van der Waals surface area contributed by atoms with Crippen molar-refractivity contribution in [3.63, 3.8) is 0 Å². The molecule has 15 heavy (non-hydrogen) atoms. The fourth-order valence-corrected chi connectivity index (χ4v) is 2.12. The Bertz CT molecular complexity index is 369. The third-order valence-electron chi connectivity index (χ3n) is 2.04. The molecule has 0 aliphatic carbocycles. The molecule has 7 heteroatoms. The minimum Gasteiger partial charge on any atom is -0.286 e. The molecule has 0 fully saturated rings. The Morgan fingerprint density at radius 2 is 1.93 bits per heavy atom. The van der Waals surface area contributed by atoms with Gasteiger partial charge in [-0.3, -0.25) is 5.43 Å². The van der Waals surface area contributed by atoms with Gasteiger partial charge in [0.1, 0.15) is 5.84 Å². The molecular formula is C8H14BrN5S. The lowest BCUT2D eigenvalue weighted by Crippen LogP contribution is -2.40. The first kappa shape index (κ1) is 12.4. The molecular weight excluding hydrogens is 278 g/mol. The maximum Gasteiger partial charge on any atom is 0.224 e. The average molecular weight is 292 g/mol. The zero-order chi connectivity index (χ0) is 10.3. The maximum atomic E-state index is 4.43. The number of nitrogens with one attached hydrogen (secondary N) is 1. The van der Waals surface area contributed by atoms with E-state index in [4.69, 9.17) is 0 Å². The number of rotatable bonds is 1. The molecule has 0 saturated heterocycles. The van der Waals surface area contributed by atoms with Crippen LogP contribution in [0.2, 0.25) is 0 Å². The molecule has 0 spiro atoms. The van der Waals surface area contributed by atoms with Gasteiger partial charge >= 0.3 is 0 Å². The zero-order valence-electron chi connectivity index (χ0n) is 9.11. The molecule has 5 nitrogen and oxygen atoms in total. The average Bonchev–Trinajstić information content (AvgIpc) is 2.57. The summed E-state index contributed by atoms with van der Waals surface area (Å²) >= 11 is 1.64. The first-order valence-electron chi connectivity index (χ1n) is 4.37. The standard InChI is InChI=1S/C8H13N5S.BrH/c1-5-6(2)14-8(9-5)13-11-7(3)10-12(13)4;/h1-4H3,(H,10,11);1H. The Hall–Kier alpha value is -0.660. The largest absolute Gasteiger partial charge is 0.286 e. The van der Waals surface area contributed by atoms with Gasteiger partial charge in [-0.1, -0.05) is 11.3 Å². The zero-order valence-corrected chi connectivity index (χ0v) is 11.6. The van der Waals surface area contributed by atoms with Crippen LogP contribution in [-0.4, -0.2) is 23.0 Å². The van der Waals surface area contributed by atoms with E-state index in [9.17, 15) is 0 Å². The Labute approximate surface area is 103 Å². The van der Waals surface area contributed by atoms with E-state index in [1.54, 1.807) is 16.5 Å². The Kier molecular flexibility index (Phi) is 3.69. The molecule has 0 amide bonds. The maximum absolute atomic E-state index is 4.43. The van der Waals surface area contributed by atoms with Crippen LogP contribution in [0.15, 0.2) is 5.10 Å². The molecule has 0 radical (unpaired) electrons. The summed E-state index contributed by atoms with van der Waals surface area (Å²) in [6.07, 6.45) is 0. The highest BCUT2D eigenvalue weighted by Gasteiger charge is 2.21. The van der Waals surface area contributed by atoms with Gasteiger partial charge in [0.2, 0.25) is 5.13 Å². The Morgan fingerprint density at radius 3 is 2.33 bits per heavy atom. The van der Waals surface area contributed by atoms with Gasteiger partial charge in [-0.15, -0.1) is 32.3 Å². The number of anilines is 1. The van der Waals surface area contributed by atoms with Crippen molar-refractivity contribution >= 4 is 39.3 Å². The van der Waals surface area contributed by atoms with Crippen molar-refractivity contribution in [2.75, 3.05) is 12.2 Å². The highest BCUT2D eigenvalue weighted by molar-refractivity contribution is 8.93. The second-order valence-electron chi connectivity index (χ2n) is 3.25. The minimum absolute atomic E-state index is 0. The molecule has 0 atom stereocenters. The van der Waals surface area contributed by atoms with Crippen LogP contribution < -0.4 is 10.5 Å².